The fourth-order valence-electron chi connectivity index (χ4n) is 3.30. The second-order valence-electron chi connectivity index (χ2n) is 6.83. The van der Waals surface area contributed by atoms with Gasteiger partial charge in [-0.15, -0.1) is 0 Å². The molecule has 8 heteroatoms. The third-order valence-corrected chi connectivity index (χ3v) is 5.36. The summed E-state index contributed by atoms with van der Waals surface area (Å²) in [5.41, 5.74) is 2.58. The predicted molar refractivity (Wildman–Crippen MR) is 111 cm³/mol. The summed E-state index contributed by atoms with van der Waals surface area (Å²) in [7, 11) is 0. The molecule has 0 bridgehead atoms. The maximum absolute atomic E-state index is 11.4. The number of aromatic amines is 1. The summed E-state index contributed by atoms with van der Waals surface area (Å²) >= 11 is 3.42. The normalized spacial score (nSPS) is 15.1. The van der Waals surface area contributed by atoms with Gasteiger partial charge in [0.1, 0.15) is 18.2 Å². The molecule has 0 atom stereocenters. The molecule has 1 fully saturated rings. The largest absolute Gasteiger partial charge is 0.492 e. The number of aromatic nitrogens is 3. The van der Waals surface area contributed by atoms with E-state index in [4.69, 9.17) is 4.74 Å². The highest BCUT2D eigenvalue weighted by Crippen LogP contribution is 2.23. The highest BCUT2D eigenvalue weighted by Gasteiger charge is 2.18. The molecule has 7 nitrogen and oxygen atoms in total. The zero-order valence-corrected chi connectivity index (χ0v) is 17.3. The van der Waals surface area contributed by atoms with Crippen molar-refractivity contribution >= 4 is 33.0 Å². The van der Waals surface area contributed by atoms with Crippen molar-refractivity contribution in [2.24, 2.45) is 0 Å². The van der Waals surface area contributed by atoms with Crippen molar-refractivity contribution in [2.45, 2.75) is 6.92 Å². The second-order valence-corrected chi connectivity index (χ2v) is 7.75. The first-order valence-corrected chi connectivity index (χ1v) is 10.1. The number of nitrogens with one attached hydrogen (secondary N) is 1. The molecule has 0 radical (unpaired) electrons. The number of halogens is 1. The number of carbonyl (C=O) groups excluding carboxylic acids is 1. The molecule has 0 aliphatic carbocycles. The summed E-state index contributed by atoms with van der Waals surface area (Å²) in [4.78, 5) is 27.7. The summed E-state index contributed by atoms with van der Waals surface area (Å²) in [6.07, 6.45) is 1.74. The third-order valence-electron chi connectivity index (χ3n) is 4.93. The quantitative estimate of drug-likeness (QED) is 0.655. The van der Waals surface area contributed by atoms with Crippen LogP contribution in [0.3, 0.4) is 0 Å². The Morgan fingerprint density at radius 3 is 2.68 bits per heavy atom. The molecule has 1 aromatic carbocycles. The predicted octanol–water partition coefficient (Wildman–Crippen LogP) is 2.93. The van der Waals surface area contributed by atoms with Gasteiger partial charge in [0.05, 0.1) is 5.52 Å². The average Bonchev–Trinajstić information content (AvgIpc) is 3.12. The molecule has 0 spiro atoms. The smallest absolute Gasteiger partial charge is 0.219 e. The minimum Gasteiger partial charge on any atom is -0.492 e. The summed E-state index contributed by atoms with van der Waals surface area (Å²) < 4.78 is 6.80. The third kappa shape index (κ3) is 4.34. The van der Waals surface area contributed by atoms with Crippen molar-refractivity contribution in [1.29, 1.82) is 0 Å². The number of hydrogen-bond donors (Lipinski definition) is 1. The molecule has 4 rings (SSSR count). The van der Waals surface area contributed by atoms with Crippen LogP contribution in [0.2, 0.25) is 0 Å². The topological polar surface area (TPSA) is 74.3 Å². The van der Waals surface area contributed by atoms with Gasteiger partial charge in [-0.05, 0) is 46.3 Å². The number of amides is 1. The number of ether oxygens (including phenoxy) is 1. The van der Waals surface area contributed by atoms with Crippen molar-refractivity contribution in [3.8, 4) is 17.1 Å². The van der Waals surface area contributed by atoms with Gasteiger partial charge < -0.3 is 14.6 Å². The number of carbonyl (C=O) groups is 1. The van der Waals surface area contributed by atoms with Crippen LogP contribution in [-0.4, -0.2) is 70.0 Å². The first-order valence-electron chi connectivity index (χ1n) is 9.31. The van der Waals surface area contributed by atoms with E-state index >= 15 is 0 Å². The Balaban J connectivity index is 1.30. The molecule has 3 heterocycles. The molecule has 0 unspecified atom stereocenters. The Kier molecular flexibility index (Phi) is 5.59. The van der Waals surface area contributed by atoms with Gasteiger partial charge in [-0.3, -0.25) is 9.69 Å². The van der Waals surface area contributed by atoms with Crippen molar-refractivity contribution in [3.63, 3.8) is 0 Å². The molecule has 28 heavy (non-hydrogen) atoms. The van der Waals surface area contributed by atoms with E-state index in [1.807, 2.05) is 35.2 Å². The van der Waals surface area contributed by atoms with Crippen LogP contribution in [0.5, 0.6) is 5.75 Å². The maximum atomic E-state index is 11.4. The first-order chi connectivity index (χ1) is 13.6. The van der Waals surface area contributed by atoms with Gasteiger partial charge in [-0.1, -0.05) is 0 Å². The molecule has 2 aromatic heterocycles. The van der Waals surface area contributed by atoms with E-state index < -0.39 is 0 Å². The van der Waals surface area contributed by atoms with Crippen molar-refractivity contribution in [3.05, 3.63) is 41.0 Å². The van der Waals surface area contributed by atoms with Crippen LogP contribution in [0, 0.1) is 0 Å². The van der Waals surface area contributed by atoms with Gasteiger partial charge in [0.15, 0.2) is 5.65 Å². The lowest BCUT2D eigenvalue weighted by atomic mass is 10.2. The van der Waals surface area contributed by atoms with E-state index in [9.17, 15) is 4.79 Å². The molecule has 1 aliphatic heterocycles. The Morgan fingerprint density at radius 2 is 1.96 bits per heavy atom. The summed E-state index contributed by atoms with van der Waals surface area (Å²) in [5, 5.41) is 0. The van der Waals surface area contributed by atoms with Gasteiger partial charge in [0.25, 0.3) is 0 Å². The molecule has 0 saturated carbocycles. The Hall–Kier alpha value is -2.45. The van der Waals surface area contributed by atoms with Crippen LogP contribution in [0.25, 0.3) is 22.6 Å². The van der Waals surface area contributed by atoms with Crippen molar-refractivity contribution in [2.75, 3.05) is 39.3 Å². The SMILES string of the molecule is CC(=O)N1CCN(CCOc2ccc(-c3nc4ncc(Br)cc4[nH]3)cc2)CC1. The summed E-state index contributed by atoms with van der Waals surface area (Å²) in [6, 6.07) is 9.87. The highest BCUT2D eigenvalue weighted by atomic mass is 79.9. The number of imidazole rings is 1. The number of rotatable bonds is 5. The van der Waals surface area contributed by atoms with Crippen LogP contribution in [0.15, 0.2) is 41.0 Å². The first kappa shape index (κ1) is 18.9. The van der Waals surface area contributed by atoms with E-state index in [0.29, 0.717) is 12.3 Å². The number of pyridine rings is 1. The Bertz CT molecular complexity index is 964. The van der Waals surface area contributed by atoms with Gasteiger partial charge in [0, 0.05) is 55.9 Å². The van der Waals surface area contributed by atoms with E-state index in [-0.39, 0.29) is 5.91 Å². The average molecular weight is 444 g/mol. The lowest BCUT2D eigenvalue weighted by Gasteiger charge is -2.34. The number of nitrogens with zero attached hydrogens (tertiary/aromatic N) is 4. The number of H-pyrrole nitrogens is 1. The number of benzene rings is 1. The summed E-state index contributed by atoms with van der Waals surface area (Å²) in [6.45, 7) is 6.51. The van der Waals surface area contributed by atoms with Crippen molar-refractivity contribution in [1.82, 2.24) is 24.8 Å². The van der Waals surface area contributed by atoms with E-state index in [1.54, 1.807) is 13.1 Å². The van der Waals surface area contributed by atoms with Crippen LogP contribution < -0.4 is 4.74 Å². The molecule has 3 aromatic rings. The van der Waals surface area contributed by atoms with Gasteiger partial charge in [-0.2, -0.15) is 0 Å². The van der Waals surface area contributed by atoms with Gasteiger partial charge >= 0.3 is 0 Å². The van der Waals surface area contributed by atoms with Crippen LogP contribution >= 0.6 is 15.9 Å². The zero-order chi connectivity index (χ0) is 19.5. The monoisotopic (exact) mass is 443 g/mol. The Morgan fingerprint density at radius 1 is 1.21 bits per heavy atom. The minimum absolute atomic E-state index is 0.156. The molecular formula is C20H22BrN5O2. The zero-order valence-electron chi connectivity index (χ0n) is 15.7. The van der Waals surface area contributed by atoms with Crippen molar-refractivity contribution < 1.29 is 9.53 Å². The maximum Gasteiger partial charge on any atom is 0.219 e. The molecule has 1 saturated heterocycles. The fourth-order valence-corrected chi connectivity index (χ4v) is 3.63. The molecular weight excluding hydrogens is 422 g/mol. The number of fused-ring (bicyclic) bond motifs is 1. The standard InChI is InChI=1S/C20H22BrN5O2/c1-14(27)26-8-6-25(7-9-26)10-11-28-17-4-2-15(3-5-17)19-23-18-12-16(21)13-22-20(18)24-19/h2-5,12-13H,6-11H2,1H3,(H,22,23,24). The van der Waals surface area contributed by atoms with Crippen LogP contribution in [-0.2, 0) is 4.79 Å². The van der Waals surface area contributed by atoms with Gasteiger partial charge in [0.2, 0.25) is 5.91 Å². The highest BCUT2D eigenvalue weighted by molar-refractivity contribution is 9.10. The number of hydrogen-bond acceptors (Lipinski definition) is 5. The van der Waals surface area contributed by atoms with E-state index in [1.165, 1.54) is 0 Å². The van der Waals surface area contributed by atoms with E-state index in [2.05, 4.69) is 35.8 Å². The lowest BCUT2D eigenvalue weighted by Crippen LogP contribution is -2.48. The van der Waals surface area contributed by atoms with Crippen LogP contribution in [0.4, 0.5) is 0 Å². The van der Waals surface area contributed by atoms with Gasteiger partial charge in [-0.25, -0.2) is 9.97 Å². The van der Waals surface area contributed by atoms with Crippen LogP contribution in [0.1, 0.15) is 6.92 Å². The number of piperazine rings is 1. The molecule has 146 valence electrons. The Labute approximate surface area is 171 Å². The second kappa shape index (κ2) is 8.28. The molecule has 1 aliphatic rings. The summed E-state index contributed by atoms with van der Waals surface area (Å²) in [5.74, 6) is 1.78. The van der Waals surface area contributed by atoms with E-state index in [0.717, 1.165) is 59.9 Å². The minimum atomic E-state index is 0.156. The fraction of sp³-hybridized carbons (Fsp3) is 0.350. The lowest BCUT2D eigenvalue weighted by molar-refractivity contribution is -0.130. The molecule has 1 N–H and O–H groups in total. The molecule has 1 amide bonds.